The van der Waals surface area contributed by atoms with Gasteiger partial charge in [0.2, 0.25) is 11.2 Å². The second-order valence-electron chi connectivity index (χ2n) is 2.82. The van der Waals surface area contributed by atoms with E-state index in [9.17, 15) is 4.79 Å². The summed E-state index contributed by atoms with van der Waals surface area (Å²) in [5, 5.41) is 8.56. The van der Waals surface area contributed by atoms with Crippen LogP contribution in [0.2, 0.25) is 0 Å². The first-order chi connectivity index (χ1) is 6.79. The van der Waals surface area contributed by atoms with Gasteiger partial charge in [0.1, 0.15) is 5.76 Å². The molecule has 0 aliphatic heterocycles. The van der Waals surface area contributed by atoms with Crippen molar-refractivity contribution in [3.63, 3.8) is 0 Å². The van der Waals surface area contributed by atoms with Gasteiger partial charge in [-0.25, -0.2) is 0 Å². The van der Waals surface area contributed by atoms with Gasteiger partial charge < -0.3 is 14.3 Å². The molecule has 0 aliphatic carbocycles. The van der Waals surface area contributed by atoms with Gasteiger partial charge in [0, 0.05) is 25.5 Å². The summed E-state index contributed by atoms with van der Waals surface area (Å²) in [5.74, 6) is 0.818. The van der Waals surface area contributed by atoms with Crippen LogP contribution >= 0.6 is 0 Å². The van der Waals surface area contributed by atoms with E-state index in [4.69, 9.17) is 14.3 Å². The zero-order chi connectivity index (χ0) is 10.4. The molecule has 1 N–H and O–H groups in total. The normalized spacial score (nSPS) is 10.1. The van der Waals surface area contributed by atoms with Crippen LogP contribution in [-0.2, 0) is 6.42 Å². The molecule has 0 radical (unpaired) electrons. The Labute approximate surface area is 82.1 Å². The standard InChI is InChI=1S/C10H14O4/c1-2-9-10(14-6-3-5-11)8(12)4-7-13-9/h4,7,11H,2-3,5-6H2,1H3. The van der Waals surface area contributed by atoms with E-state index >= 15 is 0 Å². The number of ether oxygens (including phenoxy) is 1. The van der Waals surface area contributed by atoms with Gasteiger partial charge in [-0.15, -0.1) is 0 Å². The van der Waals surface area contributed by atoms with E-state index < -0.39 is 0 Å². The molecule has 0 saturated heterocycles. The zero-order valence-electron chi connectivity index (χ0n) is 8.16. The van der Waals surface area contributed by atoms with Crippen LogP contribution in [0.5, 0.6) is 5.75 Å². The van der Waals surface area contributed by atoms with E-state index in [1.54, 1.807) is 0 Å². The van der Waals surface area contributed by atoms with Crippen molar-refractivity contribution in [1.29, 1.82) is 0 Å². The molecule has 0 atom stereocenters. The predicted octanol–water partition coefficient (Wildman–Crippen LogP) is 0.963. The molecule has 0 unspecified atom stereocenters. The van der Waals surface area contributed by atoms with Gasteiger partial charge >= 0.3 is 0 Å². The average Bonchev–Trinajstić information content (AvgIpc) is 2.20. The summed E-state index contributed by atoms with van der Waals surface area (Å²) in [6.07, 6.45) is 2.49. The highest BCUT2D eigenvalue weighted by Gasteiger charge is 2.08. The molecule has 78 valence electrons. The van der Waals surface area contributed by atoms with Crippen LogP contribution in [-0.4, -0.2) is 18.3 Å². The molecule has 4 heteroatoms. The Balaban J connectivity index is 2.77. The van der Waals surface area contributed by atoms with E-state index in [2.05, 4.69) is 0 Å². The molecule has 0 aromatic carbocycles. The van der Waals surface area contributed by atoms with Crippen molar-refractivity contribution >= 4 is 0 Å². The van der Waals surface area contributed by atoms with Crippen LogP contribution in [0, 0.1) is 0 Å². The molecule has 0 saturated carbocycles. The summed E-state index contributed by atoms with van der Waals surface area (Å²) in [7, 11) is 0. The lowest BCUT2D eigenvalue weighted by atomic mass is 10.3. The van der Waals surface area contributed by atoms with Crippen LogP contribution in [0.1, 0.15) is 19.1 Å². The second kappa shape index (κ2) is 5.44. The molecular weight excluding hydrogens is 184 g/mol. The molecule has 0 aliphatic rings. The van der Waals surface area contributed by atoms with Crippen molar-refractivity contribution < 1.29 is 14.3 Å². The summed E-state index contributed by atoms with van der Waals surface area (Å²) >= 11 is 0. The van der Waals surface area contributed by atoms with Crippen molar-refractivity contribution in [3.05, 3.63) is 28.3 Å². The maximum absolute atomic E-state index is 11.3. The molecule has 0 fully saturated rings. The summed E-state index contributed by atoms with van der Waals surface area (Å²) in [5.41, 5.74) is -0.175. The number of hydrogen-bond acceptors (Lipinski definition) is 4. The summed E-state index contributed by atoms with van der Waals surface area (Å²) < 4.78 is 10.4. The molecular formula is C10H14O4. The molecule has 0 amide bonds. The highest BCUT2D eigenvalue weighted by Crippen LogP contribution is 2.13. The van der Waals surface area contributed by atoms with Crippen molar-refractivity contribution in [2.45, 2.75) is 19.8 Å². The third-order valence-electron chi connectivity index (χ3n) is 1.78. The van der Waals surface area contributed by atoms with Crippen LogP contribution in [0.25, 0.3) is 0 Å². The van der Waals surface area contributed by atoms with Crippen molar-refractivity contribution in [3.8, 4) is 5.75 Å². The molecule has 0 spiro atoms. The SMILES string of the molecule is CCc1occc(=O)c1OCCCO. The number of aliphatic hydroxyl groups is 1. The van der Waals surface area contributed by atoms with Gasteiger partial charge in [-0.1, -0.05) is 6.92 Å². The lowest BCUT2D eigenvalue weighted by Gasteiger charge is -2.06. The Morgan fingerprint density at radius 2 is 2.36 bits per heavy atom. The largest absolute Gasteiger partial charge is 0.486 e. The Hall–Kier alpha value is -1.29. The van der Waals surface area contributed by atoms with E-state index in [1.807, 2.05) is 6.92 Å². The first kappa shape index (κ1) is 10.8. The van der Waals surface area contributed by atoms with E-state index in [1.165, 1.54) is 12.3 Å². The Kier molecular flexibility index (Phi) is 4.19. The maximum Gasteiger partial charge on any atom is 0.227 e. The van der Waals surface area contributed by atoms with Crippen molar-refractivity contribution in [2.75, 3.05) is 13.2 Å². The van der Waals surface area contributed by atoms with Crippen LogP contribution in [0.15, 0.2) is 21.5 Å². The fourth-order valence-electron chi connectivity index (χ4n) is 1.08. The van der Waals surface area contributed by atoms with Crippen LogP contribution in [0.3, 0.4) is 0 Å². The third-order valence-corrected chi connectivity index (χ3v) is 1.78. The predicted molar refractivity (Wildman–Crippen MR) is 51.6 cm³/mol. The fraction of sp³-hybridized carbons (Fsp3) is 0.500. The highest BCUT2D eigenvalue weighted by molar-refractivity contribution is 5.24. The molecule has 0 bridgehead atoms. The van der Waals surface area contributed by atoms with E-state index in [-0.39, 0.29) is 17.8 Å². The van der Waals surface area contributed by atoms with Gasteiger partial charge in [-0.05, 0) is 0 Å². The first-order valence-electron chi connectivity index (χ1n) is 4.64. The highest BCUT2D eigenvalue weighted by atomic mass is 16.5. The minimum Gasteiger partial charge on any atom is -0.486 e. The van der Waals surface area contributed by atoms with Crippen molar-refractivity contribution in [1.82, 2.24) is 0 Å². The summed E-state index contributed by atoms with van der Waals surface area (Å²) in [6, 6.07) is 1.33. The molecule has 1 aromatic heterocycles. The number of aliphatic hydroxyl groups excluding tert-OH is 1. The summed E-state index contributed by atoms with van der Waals surface area (Å²) in [4.78, 5) is 11.3. The lowest BCUT2D eigenvalue weighted by Crippen LogP contribution is -2.11. The topological polar surface area (TPSA) is 59.7 Å². The third kappa shape index (κ3) is 2.60. The van der Waals surface area contributed by atoms with Gasteiger partial charge in [0.25, 0.3) is 0 Å². The molecule has 1 rings (SSSR count). The second-order valence-corrected chi connectivity index (χ2v) is 2.82. The number of aryl methyl sites for hydroxylation is 1. The van der Waals surface area contributed by atoms with Crippen LogP contribution < -0.4 is 10.2 Å². The maximum atomic E-state index is 11.3. The van der Waals surface area contributed by atoms with Gasteiger partial charge in [0.05, 0.1) is 12.9 Å². The number of hydrogen-bond donors (Lipinski definition) is 1. The molecule has 14 heavy (non-hydrogen) atoms. The average molecular weight is 198 g/mol. The smallest absolute Gasteiger partial charge is 0.227 e. The van der Waals surface area contributed by atoms with Gasteiger partial charge in [0.15, 0.2) is 0 Å². The molecule has 1 heterocycles. The Bertz CT molecular complexity index is 329. The lowest BCUT2D eigenvalue weighted by molar-refractivity contribution is 0.227. The monoisotopic (exact) mass is 198 g/mol. The van der Waals surface area contributed by atoms with Gasteiger partial charge in [-0.2, -0.15) is 0 Å². The Morgan fingerprint density at radius 3 is 3.00 bits per heavy atom. The molecule has 1 aromatic rings. The van der Waals surface area contributed by atoms with Crippen LogP contribution in [0.4, 0.5) is 0 Å². The van der Waals surface area contributed by atoms with Crippen molar-refractivity contribution in [2.24, 2.45) is 0 Å². The molecule has 4 nitrogen and oxygen atoms in total. The van der Waals surface area contributed by atoms with E-state index in [0.717, 1.165) is 0 Å². The number of rotatable bonds is 5. The van der Waals surface area contributed by atoms with Gasteiger partial charge in [-0.3, -0.25) is 4.79 Å². The quantitative estimate of drug-likeness (QED) is 0.716. The summed E-state index contributed by atoms with van der Waals surface area (Å²) in [6.45, 7) is 2.27. The zero-order valence-corrected chi connectivity index (χ0v) is 8.16. The first-order valence-corrected chi connectivity index (χ1v) is 4.64. The van der Waals surface area contributed by atoms with E-state index in [0.29, 0.717) is 25.2 Å². The minimum absolute atomic E-state index is 0.0552. The Morgan fingerprint density at radius 1 is 1.57 bits per heavy atom. The minimum atomic E-state index is -0.175. The fourth-order valence-corrected chi connectivity index (χ4v) is 1.08.